The van der Waals surface area contributed by atoms with Gasteiger partial charge in [0.25, 0.3) is 5.91 Å². The maximum atomic E-state index is 13.2. The first kappa shape index (κ1) is 19.1. The number of nitrogens with zero attached hydrogens (tertiary/aromatic N) is 3. The third-order valence-corrected chi connectivity index (χ3v) is 5.58. The molecule has 146 valence electrons. The number of benzene rings is 2. The van der Waals surface area contributed by atoms with Crippen molar-refractivity contribution in [1.29, 1.82) is 0 Å². The predicted octanol–water partition coefficient (Wildman–Crippen LogP) is 4.27. The van der Waals surface area contributed by atoms with Gasteiger partial charge < -0.3 is 5.32 Å². The maximum Gasteiger partial charge on any atom is 0.251 e. The van der Waals surface area contributed by atoms with Crippen molar-refractivity contribution < 1.29 is 9.18 Å². The normalized spacial score (nSPS) is 11.0. The van der Waals surface area contributed by atoms with E-state index in [1.807, 2.05) is 41.0 Å². The standard InChI is InChI=1S/C22H19FN4OS/c1-24-21(28)17-8-4-16(5-9-17)14-29-22-26-19-3-2-12-25-20(19)27(22)13-15-6-10-18(23)11-7-15/h2-12H,13-14H2,1H3,(H,24,28). The number of carbonyl (C=O) groups excluding carboxylic acids is 1. The zero-order valence-corrected chi connectivity index (χ0v) is 16.6. The lowest BCUT2D eigenvalue weighted by molar-refractivity contribution is 0.0963. The van der Waals surface area contributed by atoms with Crippen molar-refractivity contribution in [2.75, 3.05) is 7.05 Å². The Bertz CT molecular complexity index is 1140. The predicted molar refractivity (Wildman–Crippen MR) is 112 cm³/mol. The monoisotopic (exact) mass is 406 g/mol. The van der Waals surface area contributed by atoms with Crippen molar-refractivity contribution in [3.8, 4) is 0 Å². The lowest BCUT2D eigenvalue weighted by Gasteiger charge is -2.09. The van der Waals surface area contributed by atoms with E-state index in [4.69, 9.17) is 4.98 Å². The molecule has 0 saturated carbocycles. The Balaban J connectivity index is 1.58. The summed E-state index contributed by atoms with van der Waals surface area (Å²) in [5.41, 5.74) is 4.33. The number of rotatable bonds is 6. The highest BCUT2D eigenvalue weighted by Crippen LogP contribution is 2.27. The molecule has 0 bridgehead atoms. The molecule has 1 amide bonds. The van der Waals surface area contributed by atoms with Gasteiger partial charge in [0.1, 0.15) is 11.3 Å². The summed E-state index contributed by atoms with van der Waals surface area (Å²) in [6, 6.07) is 17.8. The number of thioether (sulfide) groups is 1. The van der Waals surface area contributed by atoms with E-state index in [0.29, 0.717) is 17.9 Å². The van der Waals surface area contributed by atoms with Gasteiger partial charge >= 0.3 is 0 Å². The highest BCUT2D eigenvalue weighted by Gasteiger charge is 2.13. The van der Waals surface area contributed by atoms with Crippen molar-refractivity contribution in [3.63, 3.8) is 0 Å². The molecule has 0 radical (unpaired) electrons. The number of amides is 1. The van der Waals surface area contributed by atoms with Gasteiger partial charge in [0.05, 0.1) is 6.54 Å². The molecule has 0 aliphatic rings. The Kier molecular flexibility index (Phi) is 5.57. The second kappa shape index (κ2) is 8.45. The fraction of sp³-hybridized carbons (Fsp3) is 0.136. The molecule has 0 atom stereocenters. The molecule has 4 aromatic rings. The Morgan fingerprint density at radius 1 is 1.07 bits per heavy atom. The average Bonchev–Trinajstić information content (AvgIpc) is 3.11. The molecule has 0 fully saturated rings. The summed E-state index contributed by atoms with van der Waals surface area (Å²) >= 11 is 1.61. The molecular weight excluding hydrogens is 387 g/mol. The van der Waals surface area contributed by atoms with Gasteiger partial charge in [0.2, 0.25) is 0 Å². The number of fused-ring (bicyclic) bond motifs is 1. The van der Waals surface area contributed by atoms with Crippen LogP contribution in [0.25, 0.3) is 11.2 Å². The van der Waals surface area contributed by atoms with E-state index in [1.54, 1.807) is 37.1 Å². The minimum atomic E-state index is -0.253. The van der Waals surface area contributed by atoms with E-state index in [0.717, 1.165) is 27.4 Å². The van der Waals surface area contributed by atoms with Gasteiger partial charge in [-0.2, -0.15) is 0 Å². The molecule has 0 spiro atoms. The van der Waals surface area contributed by atoms with Crippen LogP contribution in [0.3, 0.4) is 0 Å². The third-order valence-electron chi connectivity index (χ3n) is 4.53. The topological polar surface area (TPSA) is 59.8 Å². The largest absolute Gasteiger partial charge is 0.355 e. The van der Waals surface area contributed by atoms with Gasteiger partial charge in [-0.3, -0.25) is 9.36 Å². The van der Waals surface area contributed by atoms with E-state index in [1.165, 1.54) is 12.1 Å². The highest BCUT2D eigenvalue weighted by atomic mass is 32.2. The van der Waals surface area contributed by atoms with E-state index in [-0.39, 0.29) is 11.7 Å². The first-order valence-corrected chi connectivity index (χ1v) is 10.1. The second-order valence-electron chi connectivity index (χ2n) is 6.52. The van der Waals surface area contributed by atoms with E-state index in [9.17, 15) is 9.18 Å². The quantitative estimate of drug-likeness (QED) is 0.486. The molecule has 5 nitrogen and oxygen atoms in total. The number of carbonyl (C=O) groups is 1. The van der Waals surface area contributed by atoms with Crippen molar-refractivity contribution in [2.45, 2.75) is 17.5 Å². The van der Waals surface area contributed by atoms with Crippen LogP contribution in [-0.2, 0) is 12.3 Å². The number of nitrogens with one attached hydrogen (secondary N) is 1. The van der Waals surface area contributed by atoms with Crippen LogP contribution in [0.2, 0.25) is 0 Å². The van der Waals surface area contributed by atoms with Crippen LogP contribution in [0.15, 0.2) is 72.0 Å². The molecule has 7 heteroatoms. The minimum Gasteiger partial charge on any atom is -0.355 e. The van der Waals surface area contributed by atoms with Crippen LogP contribution >= 0.6 is 11.8 Å². The van der Waals surface area contributed by atoms with E-state index < -0.39 is 0 Å². The number of halogens is 1. The number of aromatic nitrogens is 3. The average molecular weight is 406 g/mol. The van der Waals surface area contributed by atoms with Crippen molar-refractivity contribution in [2.24, 2.45) is 0 Å². The smallest absolute Gasteiger partial charge is 0.251 e. The fourth-order valence-corrected chi connectivity index (χ4v) is 3.97. The van der Waals surface area contributed by atoms with Crippen molar-refractivity contribution >= 4 is 28.8 Å². The van der Waals surface area contributed by atoms with Gasteiger partial charge in [-0.1, -0.05) is 36.0 Å². The zero-order valence-electron chi connectivity index (χ0n) is 15.8. The molecule has 2 heterocycles. The molecule has 2 aromatic heterocycles. The molecule has 29 heavy (non-hydrogen) atoms. The zero-order chi connectivity index (χ0) is 20.2. The highest BCUT2D eigenvalue weighted by molar-refractivity contribution is 7.98. The first-order valence-electron chi connectivity index (χ1n) is 9.13. The summed E-state index contributed by atoms with van der Waals surface area (Å²) in [5, 5.41) is 3.47. The number of hydrogen-bond acceptors (Lipinski definition) is 4. The van der Waals surface area contributed by atoms with Crippen molar-refractivity contribution in [1.82, 2.24) is 19.9 Å². The summed E-state index contributed by atoms with van der Waals surface area (Å²) in [6.07, 6.45) is 1.75. The Morgan fingerprint density at radius 2 is 1.79 bits per heavy atom. The number of imidazole rings is 1. The molecule has 2 aromatic carbocycles. The lowest BCUT2D eigenvalue weighted by atomic mass is 10.1. The van der Waals surface area contributed by atoms with Gasteiger partial charge in [0.15, 0.2) is 10.8 Å². The fourth-order valence-electron chi connectivity index (χ4n) is 3.01. The minimum absolute atomic E-state index is 0.101. The number of pyridine rings is 1. The molecule has 1 N–H and O–H groups in total. The Morgan fingerprint density at radius 3 is 2.52 bits per heavy atom. The molecule has 0 aliphatic heterocycles. The Hall–Kier alpha value is -3.19. The lowest BCUT2D eigenvalue weighted by Crippen LogP contribution is -2.17. The first-order chi connectivity index (χ1) is 14.1. The molecule has 4 rings (SSSR count). The van der Waals surface area contributed by atoms with Crippen LogP contribution < -0.4 is 5.32 Å². The van der Waals surface area contributed by atoms with E-state index in [2.05, 4.69) is 10.3 Å². The van der Waals surface area contributed by atoms with Gasteiger partial charge in [-0.05, 0) is 47.5 Å². The van der Waals surface area contributed by atoms with Gasteiger partial charge in [0, 0.05) is 24.6 Å². The molecule has 0 aliphatic carbocycles. The van der Waals surface area contributed by atoms with Crippen molar-refractivity contribution in [3.05, 3.63) is 89.4 Å². The van der Waals surface area contributed by atoms with Crippen LogP contribution in [0.1, 0.15) is 21.5 Å². The van der Waals surface area contributed by atoms with Gasteiger partial charge in [-0.15, -0.1) is 0 Å². The Labute approximate surface area is 172 Å². The molecule has 0 unspecified atom stereocenters. The number of hydrogen-bond donors (Lipinski definition) is 1. The molecular formula is C22H19FN4OS. The third kappa shape index (κ3) is 4.30. The summed E-state index contributed by atoms with van der Waals surface area (Å²) in [7, 11) is 1.62. The maximum absolute atomic E-state index is 13.2. The summed E-state index contributed by atoms with van der Waals surface area (Å²) in [4.78, 5) is 20.9. The van der Waals surface area contributed by atoms with Crippen LogP contribution in [0.4, 0.5) is 4.39 Å². The van der Waals surface area contributed by atoms with Gasteiger partial charge in [-0.25, -0.2) is 14.4 Å². The van der Waals surface area contributed by atoms with Crippen LogP contribution in [0.5, 0.6) is 0 Å². The second-order valence-corrected chi connectivity index (χ2v) is 7.46. The SMILES string of the molecule is CNC(=O)c1ccc(CSc2nc3cccnc3n2Cc2ccc(F)cc2)cc1. The summed E-state index contributed by atoms with van der Waals surface area (Å²) < 4.78 is 15.3. The van der Waals surface area contributed by atoms with Crippen LogP contribution in [0, 0.1) is 5.82 Å². The summed E-state index contributed by atoms with van der Waals surface area (Å²) in [6.45, 7) is 0.561. The van der Waals surface area contributed by atoms with Crippen LogP contribution in [-0.4, -0.2) is 27.5 Å². The van der Waals surface area contributed by atoms with E-state index >= 15 is 0 Å². The molecule has 0 saturated heterocycles. The summed E-state index contributed by atoms with van der Waals surface area (Å²) in [5.74, 6) is 0.356.